The molecule has 0 saturated carbocycles. The predicted molar refractivity (Wildman–Crippen MR) is 550 cm³/mol. The summed E-state index contributed by atoms with van der Waals surface area (Å²) in [6.07, 6.45) is 0. The number of anilines is 8. The Morgan fingerprint density at radius 1 is 0.163 bits per heavy atom. The first-order chi connectivity index (χ1) is 63.7. The number of benzene rings is 21. The van der Waals surface area contributed by atoms with Crippen LogP contribution in [0.2, 0.25) is 10.0 Å². The lowest BCUT2D eigenvalue weighted by atomic mass is 9.99. The van der Waals surface area contributed by atoms with Crippen molar-refractivity contribution in [3.63, 3.8) is 0 Å². The molecule has 7 heteroatoms. The minimum Gasteiger partial charge on any atom is -0.356 e. The molecule has 0 aliphatic rings. The van der Waals surface area contributed by atoms with Crippen molar-refractivity contribution in [2.45, 2.75) is 0 Å². The molecule has 23 aromatic rings. The molecule has 0 unspecified atom stereocenters. The largest absolute Gasteiger partial charge is 0.356 e. The fourth-order valence-corrected chi connectivity index (χ4v) is 18.1. The third-order valence-electron chi connectivity index (χ3n) is 24.3. The van der Waals surface area contributed by atoms with Crippen LogP contribution in [-0.2, 0) is 0 Å². The molecule has 0 amide bonds. The van der Waals surface area contributed by atoms with Gasteiger partial charge in [-0.05, 0) is 294 Å². The fourth-order valence-electron chi connectivity index (χ4n) is 17.8. The van der Waals surface area contributed by atoms with E-state index in [1.54, 1.807) is 0 Å². The van der Waals surface area contributed by atoms with Crippen molar-refractivity contribution in [2.24, 2.45) is 0 Å². The van der Waals surface area contributed by atoms with Crippen molar-refractivity contribution in [2.75, 3.05) is 15.1 Å². The van der Waals surface area contributed by atoms with E-state index in [-0.39, 0.29) is 0 Å². The first kappa shape index (κ1) is 79.9. The summed E-state index contributed by atoms with van der Waals surface area (Å²) in [7, 11) is 0. The summed E-state index contributed by atoms with van der Waals surface area (Å²) >= 11 is 12.3. The zero-order valence-electron chi connectivity index (χ0n) is 70.5. The van der Waals surface area contributed by atoms with Crippen molar-refractivity contribution < 1.29 is 0 Å². The van der Waals surface area contributed by atoms with Crippen molar-refractivity contribution in [3.05, 3.63) is 520 Å². The normalized spacial score (nSPS) is 11.2. The smallest absolute Gasteiger partial charge is 0.0541 e. The third kappa shape index (κ3) is 16.9. The SMILES string of the molecule is Clc1ccc(-c2ccc3c(c2)c2cc(-c4ccc(Cl)cc4)ccc2n3-c2ccc3ccccc3c2)cc1.c1ccc(-c2ccc(N(c3ccccc3)c3ccc(-c4ccc5c(c4)c4cc(-c6ccc(N(c7ccccc7)c7ccc(-c8ccccc8)cc7)cc6)ccc4n5-c4ccc5ccccc5c4)cc3)cc2)cc1.c1ccc(Nc2ccc(-c3ccccc3)cc2)cc1. The van der Waals surface area contributed by atoms with E-state index in [4.69, 9.17) is 23.2 Å². The Bertz CT molecular complexity index is 7540. The van der Waals surface area contributed by atoms with E-state index < -0.39 is 0 Å². The summed E-state index contributed by atoms with van der Waals surface area (Å²) in [6, 6.07) is 181. The van der Waals surface area contributed by atoms with Crippen LogP contribution in [0.1, 0.15) is 0 Å². The Kier molecular flexibility index (Phi) is 22.4. The molecule has 2 aromatic heterocycles. The summed E-state index contributed by atoms with van der Waals surface area (Å²) in [5.41, 5.74) is 32.4. The van der Waals surface area contributed by atoms with Crippen LogP contribution >= 0.6 is 23.2 Å². The molecule has 0 radical (unpaired) electrons. The van der Waals surface area contributed by atoms with Crippen LogP contribution in [0.3, 0.4) is 0 Å². The molecule has 0 spiro atoms. The van der Waals surface area contributed by atoms with Crippen LogP contribution in [0, 0.1) is 0 Å². The van der Waals surface area contributed by atoms with E-state index in [0.717, 1.165) is 89.2 Å². The Balaban J connectivity index is 0.000000147. The fraction of sp³-hybridized carbons (Fsp3) is 0. The number of fused-ring (bicyclic) bond motifs is 8. The number of hydrogen-bond donors (Lipinski definition) is 1. The van der Waals surface area contributed by atoms with E-state index >= 15 is 0 Å². The Labute approximate surface area is 761 Å². The van der Waals surface area contributed by atoms with Crippen LogP contribution in [0.5, 0.6) is 0 Å². The molecule has 0 aliphatic carbocycles. The number of nitrogens with one attached hydrogen (secondary N) is 1. The second-order valence-electron chi connectivity index (χ2n) is 32.4. The highest BCUT2D eigenvalue weighted by atomic mass is 35.5. The molecule has 21 aromatic carbocycles. The molecule has 5 nitrogen and oxygen atoms in total. The summed E-state index contributed by atoms with van der Waals surface area (Å²) in [5.74, 6) is 0. The van der Waals surface area contributed by atoms with E-state index in [1.807, 2.05) is 48.5 Å². The summed E-state index contributed by atoms with van der Waals surface area (Å²) in [4.78, 5) is 4.66. The topological polar surface area (TPSA) is 28.4 Å². The molecule has 0 fully saturated rings. The number of para-hydroxylation sites is 3. The standard InChI is InChI=1S/C70H49N3.C34H21Cl2N.C18H15N/c1-5-15-50(16-6-1)53-25-36-62(37-26-53)71(60-21-9-3-10-22-60)64-40-29-55(30-41-64)58-34-45-69-67(48-58)68-49-59(35-46-70(68)73(69)66-44-33-52-19-13-14-20-57(52)47-66)56-31-42-65(43-32-56)72(61-23-11-4-12-24-61)63-38-27-54(28-39-63)51-17-7-2-8-18-51;35-28-12-5-23(6-13-28)26-10-17-33-31(20-26)32-21-27(24-7-14-29(36)15-8-24)11-18-34(32)37(33)30-16-9-22-3-1-2-4-25(22)19-30;1-3-7-15(8-4-1)16-11-13-18(14-12-16)19-17-9-5-2-6-10-17/h1-49H;1-21H;1-14,19H. The zero-order valence-corrected chi connectivity index (χ0v) is 72.1. The molecule has 1 N–H and O–H groups in total. The quantitative estimate of drug-likeness (QED) is 0.0985. The van der Waals surface area contributed by atoms with Gasteiger partial charge in [0, 0.05) is 88.5 Å². The zero-order chi connectivity index (χ0) is 86.4. The number of aromatic nitrogens is 2. The van der Waals surface area contributed by atoms with Crippen molar-refractivity contribution in [3.8, 4) is 89.3 Å². The first-order valence-electron chi connectivity index (χ1n) is 43.6. The monoisotopic (exact) mass is 1690 g/mol. The maximum Gasteiger partial charge on any atom is 0.0541 e. The Morgan fingerprint density at radius 3 is 0.682 bits per heavy atom. The maximum absolute atomic E-state index is 6.16. The van der Waals surface area contributed by atoms with Gasteiger partial charge in [-0.25, -0.2) is 0 Å². The molecule has 0 saturated heterocycles. The van der Waals surface area contributed by atoms with Gasteiger partial charge in [-0.3, -0.25) is 0 Å². The third-order valence-corrected chi connectivity index (χ3v) is 24.8. The predicted octanol–water partition coefficient (Wildman–Crippen LogP) is 35.2. The van der Waals surface area contributed by atoms with Crippen molar-refractivity contribution in [1.82, 2.24) is 9.13 Å². The summed E-state index contributed by atoms with van der Waals surface area (Å²) < 4.78 is 4.80. The average Bonchev–Trinajstić information content (AvgIpc) is 1.58. The van der Waals surface area contributed by atoms with E-state index in [2.05, 4.69) is 485 Å². The minimum atomic E-state index is 0.741. The van der Waals surface area contributed by atoms with Gasteiger partial charge >= 0.3 is 0 Å². The molecule has 0 aliphatic heterocycles. The van der Waals surface area contributed by atoms with Crippen molar-refractivity contribution >= 4 is 134 Å². The van der Waals surface area contributed by atoms with E-state index in [1.165, 1.54) is 121 Å². The maximum atomic E-state index is 6.16. The number of rotatable bonds is 17. The molecule has 0 bridgehead atoms. The van der Waals surface area contributed by atoms with Gasteiger partial charge in [-0.15, -0.1) is 0 Å². The van der Waals surface area contributed by atoms with Gasteiger partial charge in [0.15, 0.2) is 0 Å². The highest BCUT2D eigenvalue weighted by molar-refractivity contribution is 6.31. The lowest BCUT2D eigenvalue weighted by Crippen LogP contribution is -2.09. The summed E-state index contributed by atoms with van der Waals surface area (Å²) in [5, 5.41) is 14.6. The number of nitrogens with zero attached hydrogens (tertiary/aromatic N) is 4. The van der Waals surface area contributed by atoms with Crippen LogP contribution in [-0.4, -0.2) is 9.13 Å². The second-order valence-corrected chi connectivity index (χ2v) is 33.2. The van der Waals surface area contributed by atoms with E-state index in [0.29, 0.717) is 0 Å². The van der Waals surface area contributed by atoms with Gasteiger partial charge in [0.25, 0.3) is 0 Å². The molecule has 612 valence electrons. The van der Waals surface area contributed by atoms with Crippen molar-refractivity contribution in [1.29, 1.82) is 0 Å². The average molecular weight is 1690 g/mol. The second kappa shape index (κ2) is 36.1. The van der Waals surface area contributed by atoms with Crippen LogP contribution < -0.4 is 15.1 Å². The van der Waals surface area contributed by atoms with Gasteiger partial charge in [0.2, 0.25) is 0 Å². The highest BCUT2D eigenvalue weighted by Gasteiger charge is 2.21. The molecule has 2 heterocycles. The first-order valence-corrected chi connectivity index (χ1v) is 44.4. The number of hydrogen-bond acceptors (Lipinski definition) is 3. The molecule has 0 atom stereocenters. The highest BCUT2D eigenvalue weighted by Crippen LogP contribution is 2.45. The molecule has 23 rings (SSSR count). The van der Waals surface area contributed by atoms with Gasteiger partial charge in [0.1, 0.15) is 0 Å². The van der Waals surface area contributed by atoms with Crippen LogP contribution in [0.4, 0.5) is 45.5 Å². The molecular weight excluding hydrogens is 1610 g/mol. The lowest BCUT2D eigenvalue weighted by Gasteiger charge is -2.26. The van der Waals surface area contributed by atoms with Gasteiger partial charge < -0.3 is 24.3 Å². The van der Waals surface area contributed by atoms with Gasteiger partial charge in [0.05, 0.1) is 22.1 Å². The Hall–Kier alpha value is -16.3. The number of halogens is 2. The minimum absolute atomic E-state index is 0.741. The summed E-state index contributed by atoms with van der Waals surface area (Å²) in [6.45, 7) is 0. The van der Waals surface area contributed by atoms with Crippen LogP contribution in [0.15, 0.2) is 510 Å². The molecule has 129 heavy (non-hydrogen) atoms. The Morgan fingerprint density at radius 2 is 0.380 bits per heavy atom. The van der Waals surface area contributed by atoms with E-state index in [9.17, 15) is 0 Å². The van der Waals surface area contributed by atoms with Gasteiger partial charge in [-0.2, -0.15) is 0 Å². The van der Waals surface area contributed by atoms with Gasteiger partial charge in [-0.1, -0.05) is 339 Å². The molecular formula is C122H85Cl2N5. The lowest BCUT2D eigenvalue weighted by molar-refractivity contribution is 1.19. The van der Waals surface area contributed by atoms with Crippen LogP contribution in [0.25, 0.3) is 154 Å².